The van der Waals surface area contributed by atoms with E-state index in [1.165, 1.54) is 11.3 Å². The van der Waals surface area contributed by atoms with Crippen molar-refractivity contribution in [2.24, 2.45) is 0 Å². The van der Waals surface area contributed by atoms with Crippen LogP contribution in [0.15, 0.2) is 18.2 Å². The molecule has 21 heavy (non-hydrogen) atoms. The van der Waals surface area contributed by atoms with Crippen LogP contribution in [0.3, 0.4) is 0 Å². The van der Waals surface area contributed by atoms with Crippen molar-refractivity contribution in [2.45, 2.75) is 13.0 Å². The first kappa shape index (κ1) is 14.2. The van der Waals surface area contributed by atoms with Gasteiger partial charge in [-0.15, -0.1) is 0 Å². The highest BCUT2D eigenvalue weighted by Crippen LogP contribution is 2.29. The van der Waals surface area contributed by atoms with Gasteiger partial charge in [-0.2, -0.15) is 0 Å². The Balaban J connectivity index is 1.79. The molecule has 1 aliphatic rings. The number of hydrogen-bond donors (Lipinski definition) is 2. The number of nitrogens with zero attached hydrogens (tertiary/aromatic N) is 1. The molecule has 0 saturated carbocycles. The Morgan fingerprint density at radius 2 is 2.38 bits per heavy atom. The molecule has 5 nitrogen and oxygen atoms in total. The van der Waals surface area contributed by atoms with E-state index in [0.717, 1.165) is 17.3 Å². The molecule has 1 aliphatic heterocycles. The Labute approximate surface area is 128 Å². The van der Waals surface area contributed by atoms with E-state index < -0.39 is 0 Å². The van der Waals surface area contributed by atoms with Gasteiger partial charge in [0.15, 0.2) is 0 Å². The summed E-state index contributed by atoms with van der Waals surface area (Å²) in [6.45, 7) is 2.37. The third-order valence-corrected chi connectivity index (χ3v) is 4.04. The molecule has 6 heteroatoms. The quantitative estimate of drug-likeness (QED) is 0.856. The van der Waals surface area contributed by atoms with E-state index in [0.29, 0.717) is 31.3 Å². The van der Waals surface area contributed by atoms with E-state index in [4.69, 9.17) is 16.3 Å². The van der Waals surface area contributed by atoms with E-state index in [1.54, 1.807) is 7.11 Å². The van der Waals surface area contributed by atoms with Crippen LogP contribution in [0.5, 0.6) is 0 Å². The number of hydrogen-bond acceptors (Lipinski definition) is 2. The summed E-state index contributed by atoms with van der Waals surface area (Å²) in [7, 11) is 1.62. The number of aromatic amines is 1. The highest BCUT2D eigenvalue weighted by atomic mass is 35.5. The number of halogens is 1. The number of fused-ring (bicyclic) bond motifs is 3. The molecule has 2 N–H and O–H groups in total. The third-order valence-electron chi connectivity index (χ3n) is 3.81. The van der Waals surface area contributed by atoms with Gasteiger partial charge in [0.2, 0.25) is 0 Å². The molecule has 3 rings (SSSR count). The van der Waals surface area contributed by atoms with E-state index in [1.807, 2.05) is 23.1 Å². The van der Waals surface area contributed by atoms with Crippen molar-refractivity contribution in [1.29, 1.82) is 0 Å². The van der Waals surface area contributed by atoms with E-state index in [2.05, 4.69) is 10.3 Å². The summed E-state index contributed by atoms with van der Waals surface area (Å²) in [5.74, 6) is 0. The summed E-state index contributed by atoms with van der Waals surface area (Å²) in [4.78, 5) is 17.4. The molecule has 1 aromatic heterocycles. The minimum absolute atomic E-state index is 0.0471. The average Bonchev–Trinajstić information content (AvgIpc) is 2.84. The Morgan fingerprint density at radius 1 is 1.52 bits per heavy atom. The summed E-state index contributed by atoms with van der Waals surface area (Å²) < 4.78 is 4.94. The van der Waals surface area contributed by atoms with Crippen molar-refractivity contribution in [1.82, 2.24) is 15.2 Å². The van der Waals surface area contributed by atoms with Crippen LogP contribution < -0.4 is 5.32 Å². The first-order chi connectivity index (χ1) is 10.2. The standard InChI is InChI=1S/C15H18ClN3O2/c1-21-7-5-17-15(20)19-6-4-14-12(9-19)11-8-10(16)2-3-13(11)18-14/h2-3,8,18H,4-7,9H2,1H3,(H,17,20). The maximum atomic E-state index is 12.1. The summed E-state index contributed by atoms with van der Waals surface area (Å²) >= 11 is 6.08. The van der Waals surface area contributed by atoms with Gasteiger partial charge in [-0.1, -0.05) is 11.6 Å². The number of ether oxygens (including phenoxy) is 1. The van der Waals surface area contributed by atoms with Crippen molar-refractivity contribution in [3.05, 3.63) is 34.5 Å². The smallest absolute Gasteiger partial charge is 0.317 e. The average molecular weight is 308 g/mol. The van der Waals surface area contributed by atoms with Crippen LogP contribution >= 0.6 is 11.6 Å². The van der Waals surface area contributed by atoms with Gasteiger partial charge in [-0.05, 0) is 18.2 Å². The van der Waals surface area contributed by atoms with Crippen LogP contribution in [-0.2, 0) is 17.7 Å². The molecule has 0 fully saturated rings. The Bertz CT molecular complexity index is 668. The molecular weight excluding hydrogens is 290 g/mol. The second-order valence-electron chi connectivity index (χ2n) is 5.17. The molecule has 1 aromatic carbocycles. The number of nitrogens with one attached hydrogen (secondary N) is 2. The molecule has 2 amide bonds. The maximum Gasteiger partial charge on any atom is 0.317 e. The molecule has 2 heterocycles. The zero-order valence-electron chi connectivity index (χ0n) is 11.9. The van der Waals surface area contributed by atoms with Crippen LogP contribution in [-0.4, -0.2) is 42.7 Å². The Morgan fingerprint density at radius 3 is 3.19 bits per heavy atom. The molecule has 0 bridgehead atoms. The number of urea groups is 1. The van der Waals surface area contributed by atoms with Crippen molar-refractivity contribution in [3.8, 4) is 0 Å². The van der Waals surface area contributed by atoms with Gasteiger partial charge in [0, 0.05) is 60.3 Å². The fraction of sp³-hybridized carbons (Fsp3) is 0.400. The van der Waals surface area contributed by atoms with E-state index in [-0.39, 0.29) is 6.03 Å². The molecule has 0 aliphatic carbocycles. The SMILES string of the molecule is COCCNC(=O)N1CCc2[nH]c3ccc(Cl)cc3c2C1. The summed E-state index contributed by atoms with van der Waals surface area (Å²) in [6, 6.07) is 5.77. The van der Waals surface area contributed by atoms with Gasteiger partial charge < -0.3 is 19.9 Å². The first-order valence-corrected chi connectivity index (χ1v) is 7.37. The number of benzene rings is 1. The zero-order chi connectivity index (χ0) is 14.8. The van der Waals surface area contributed by atoms with Crippen LogP contribution in [0.25, 0.3) is 10.9 Å². The molecule has 0 spiro atoms. The summed E-state index contributed by atoms with van der Waals surface area (Å²) in [6.07, 6.45) is 0.833. The van der Waals surface area contributed by atoms with Crippen molar-refractivity contribution >= 4 is 28.5 Å². The number of aromatic nitrogens is 1. The first-order valence-electron chi connectivity index (χ1n) is 6.99. The van der Waals surface area contributed by atoms with Gasteiger partial charge in [-0.3, -0.25) is 0 Å². The highest BCUT2D eigenvalue weighted by Gasteiger charge is 2.23. The van der Waals surface area contributed by atoms with Gasteiger partial charge in [0.1, 0.15) is 0 Å². The Kier molecular flexibility index (Phi) is 4.03. The molecule has 112 valence electrons. The van der Waals surface area contributed by atoms with E-state index in [9.17, 15) is 4.79 Å². The van der Waals surface area contributed by atoms with Gasteiger partial charge in [-0.25, -0.2) is 4.79 Å². The molecule has 0 radical (unpaired) electrons. The molecule has 2 aromatic rings. The lowest BCUT2D eigenvalue weighted by Crippen LogP contribution is -2.43. The lowest BCUT2D eigenvalue weighted by Gasteiger charge is -2.27. The Hall–Kier alpha value is -1.72. The number of H-pyrrole nitrogens is 1. The molecule has 0 saturated heterocycles. The predicted molar refractivity (Wildman–Crippen MR) is 82.7 cm³/mol. The lowest BCUT2D eigenvalue weighted by atomic mass is 10.0. The number of methoxy groups -OCH3 is 1. The van der Waals surface area contributed by atoms with Crippen molar-refractivity contribution in [2.75, 3.05) is 26.8 Å². The van der Waals surface area contributed by atoms with Crippen LogP contribution in [0.4, 0.5) is 4.79 Å². The van der Waals surface area contributed by atoms with Gasteiger partial charge in [0.25, 0.3) is 0 Å². The largest absolute Gasteiger partial charge is 0.383 e. The second-order valence-corrected chi connectivity index (χ2v) is 5.60. The van der Waals surface area contributed by atoms with Crippen molar-refractivity contribution in [3.63, 3.8) is 0 Å². The number of amides is 2. The topological polar surface area (TPSA) is 57.4 Å². The lowest BCUT2D eigenvalue weighted by molar-refractivity contribution is 0.176. The fourth-order valence-corrected chi connectivity index (χ4v) is 2.90. The number of carbonyl (C=O) groups excluding carboxylic acids is 1. The monoisotopic (exact) mass is 307 g/mol. The zero-order valence-corrected chi connectivity index (χ0v) is 12.7. The fourth-order valence-electron chi connectivity index (χ4n) is 2.73. The third kappa shape index (κ3) is 2.84. The summed E-state index contributed by atoms with van der Waals surface area (Å²) in [5, 5.41) is 4.68. The highest BCUT2D eigenvalue weighted by molar-refractivity contribution is 6.31. The summed E-state index contributed by atoms with van der Waals surface area (Å²) in [5.41, 5.74) is 3.44. The number of carbonyl (C=O) groups is 1. The van der Waals surface area contributed by atoms with Crippen LogP contribution in [0, 0.1) is 0 Å². The maximum absolute atomic E-state index is 12.1. The van der Waals surface area contributed by atoms with Gasteiger partial charge in [0.05, 0.1) is 6.61 Å². The van der Waals surface area contributed by atoms with Crippen molar-refractivity contribution < 1.29 is 9.53 Å². The number of rotatable bonds is 3. The molecule has 0 unspecified atom stereocenters. The molecular formula is C15H18ClN3O2. The van der Waals surface area contributed by atoms with E-state index >= 15 is 0 Å². The van der Waals surface area contributed by atoms with Crippen LogP contribution in [0.2, 0.25) is 5.02 Å². The van der Waals surface area contributed by atoms with Crippen LogP contribution in [0.1, 0.15) is 11.3 Å². The second kappa shape index (κ2) is 5.95. The normalized spacial score (nSPS) is 14.3. The predicted octanol–water partition coefficient (Wildman–Crippen LogP) is 2.54. The minimum Gasteiger partial charge on any atom is -0.383 e. The molecule has 0 atom stereocenters. The minimum atomic E-state index is -0.0471. The van der Waals surface area contributed by atoms with Gasteiger partial charge >= 0.3 is 6.03 Å².